The Labute approximate surface area is 108 Å². The summed E-state index contributed by atoms with van der Waals surface area (Å²) < 4.78 is 0. The lowest BCUT2D eigenvalue weighted by Crippen LogP contribution is -2.12. The Morgan fingerprint density at radius 2 is 1.61 bits per heavy atom. The van der Waals surface area contributed by atoms with Gasteiger partial charge in [0.2, 0.25) is 0 Å². The first kappa shape index (κ1) is 12.6. The first-order valence-corrected chi connectivity index (χ1v) is 6.30. The number of rotatable bonds is 4. The molecule has 0 aromatic heterocycles. The Hall–Kier alpha value is -1.89. The minimum atomic E-state index is -0.0363. The average molecular weight is 238 g/mol. The zero-order valence-electron chi connectivity index (χ0n) is 10.9. The molecule has 0 saturated carbocycles. The minimum Gasteiger partial charge on any atom is -0.299 e. The van der Waals surface area contributed by atoms with Crippen LogP contribution in [0.15, 0.2) is 54.6 Å². The van der Waals surface area contributed by atoms with E-state index in [4.69, 9.17) is 0 Å². The molecule has 0 saturated heterocycles. The molecule has 92 valence electrons. The highest BCUT2D eigenvalue weighted by molar-refractivity contribution is 5.87. The van der Waals surface area contributed by atoms with Crippen molar-refractivity contribution in [1.82, 2.24) is 0 Å². The summed E-state index contributed by atoms with van der Waals surface area (Å²) in [6.07, 6.45) is 0.510. The van der Waals surface area contributed by atoms with Crippen molar-refractivity contribution in [2.45, 2.75) is 26.2 Å². The van der Waals surface area contributed by atoms with Gasteiger partial charge in [-0.15, -0.1) is 0 Å². The minimum absolute atomic E-state index is 0.0363. The molecule has 0 amide bonds. The Morgan fingerprint density at radius 3 is 2.22 bits per heavy atom. The molecule has 0 N–H and O–H groups in total. The van der Waals surface area contributed by atoms with E-state index in [9.17, 15) is 4.79 Å². The van der Waals surface area contributed by atoms with Gasteiger partial charge in [-0.25, -0.2) is 0 Å². The van der Waals surface area contributed by atoms with Crippen molar-refractivity contribution in [3.05, 3.63) is 71.3 Å². The molecular weight excluding hydrogens is 220 g/mol. The van der Waals surface area contributed by atoms with Gasteiger partial charge in [0.05, 0.1) is 0 Å². The van der Waals surface area contributed by atoms with E-state index >= 15 is 0 Å². The lowest BCUT2D eigenvalue weighted by molar-refractivity contribution is -0.119. The zero-order valence-corrected chi connectivity index (χ0v) is 10.9. The molecule has 0 radical (unpaired) electrons. The number of ketones is 1. The van der Waals surface area contributed by atoms with Crippen LogP contribution in [0.2, 0.25) is 0 Å². The molecule has 0 fully saturated rings. The predicted molar refractivity (Wildman–Crippen MR) is 74.7 cm³/mol. The smallest absolute Gasteiger partial charge is 0.144 e. The maximum atomic E-state index is 12.2. The fourth-order valence-corrected chi connectivity index (χ4v) is 1.99. The molecule has 1 nitrogen and oxygen atoms in total. The fraction of sp³-hybridized carbons (Fsp3) is 0.235. The standard InChI is InChI=1S/C17H18O/c1-13-8-10-16(11-9-13)14(2)17(18)12-15-6-4-3-5-7-15/h3-11,14H,12H2,1-2H3/t14-/m1/s1. The predicted octanol–water partition coefficient (Wildman–Crippen LogP) is 3.91. The van der Waals surface area contributed by atoms with E-state index in [0.717, 1.165) is 11.1 Å². The third-order valence-corrected chi connectivity index (χ3v) is 3.28. The van der Waals surface area contributed by atoms with Crippen molar-refractivity contribution in [2.24, 2.45) is 0 Å². The lowest BCUT2D eigenvalue weighted by Gasteiger charge is -2.11. The van der Waals surface area contributed by atoms with Gasteiger partial charge in [-0.3, -0.25) is 4.79 Å². The van der Waals surface area contributed by atoms with Crippen LogP contribution in [0.1, 0.15) is 29.5 Å². The van der Waals surface area contributed by atoms with Crippen LogP contribution in [-0.4, -0.2) is 5.78 Å². The second-order valence-electron chi connectivity index (χ2n) is 4.76. The fourth-order valence-electron chi connectivity index (χ4n) is 1.99. The third kappa shape index (κ3) is 3.07. The molecule has 0 heterocycles. The summed E-state index contributed by atoms with van der Waals surface area (Å²) in [5.74, 6) is 0.232. The largest absolute Gasteiger partial charge is 0.299 e. The van der Waals surface area contributed by atoms with Crippen LogP contribution in [0.5, 0.6) is 0 Å². The van der Waals surface area contributed by atoms with Gasteiger partial charge in [0.1, 0.15) is 5.78 Å². The first-order chi connectivity index (χ1) is 8.66. The number of benzene rings is 2. The monoisotopic (exact) mass is 238 g/mol. The highest BCUT2D eigenvalue weighted by Crippen LogP contribution is 2.18. The maximum Gasteiger partial charge on any atom is 0.144 e. The van der Waals surface area contributed by atoms with Crippen molar-refractivity contribution in [2.75, 3.05) is 0 Å². The number of hydrogen-bond donors (Lipinski definition) is 0. The summed E-state index contributed by atoms with van der Waals surface area (Å²) in [6, 6.07) is 18.1. The van der Waals surface area contributed by atoms with Gasteiger partial charge in [-0.2, -0.15) is 0 Å². The van der Waals surface area contributed by atoms with Gasteiger partial charge >= 0.3 is 0 Å². The number of hydrogen-bond acceptors (Lipinski definition) is 1. The summed E-state index contributed by atoms with van der Waals surface area (Å²) >= 11 is 0. The molecule has 2 aromatic carbocycles. The number of Topliss-reactive ketones (excluding diaryl/α,β-unsaturated/α-hetero) is 1. The van der Waals surface area contributed by atoms with Crippen LogP contribution in [0, 0.1) is 6.92 Å². The molecule has 0 aliphatic carbocycles. The molecule has 0 aliphatic heterocycles. The van der Waals surface area contributed by atoms with Crippen molar-refractivity contribution in [3.8, 4) is 0 Å². The van der Waals surface area contributed by atoms with Crippen LogP contribution in [-0.2, 0) is 11.2 Å². The van der Waals surface area contributed by atoms with Crippen LogP contribution in [0.25, 0.3) is 0 Å². The van der Waals surface area contributed by atoms with Crippen LogP contribution < -0.4 is 0 Å². The molecule has 0 spiro atoms. The van der Waals surface area contributed by atoms with Crippen molar-refractivity contribution in [1.29, 1.82) is 0 Å². The first-order valence-electron chi connectivity index (χ1n) is 6.30. The molecule has 0 bridgehead atoms. The maximum absolute atomic E-state index is 12.2. The molecule has 1 heteroatoms. The van der Waals surface area contributed by atoms with Gasteiger partial charge in [-0.05, 0) is 18.1 Å². The van der Waals surface area contributed by atoms with E-state index in [1.807, 2.05) is 49.4 Å². The highest BCUT2D eigenvalue weighted by atomic mass is 16.1. The Morgan fingerprint density at radius 1 is 1.00 bits per heavy atom. The average Bonchev–Trinajstić information content (AvgIpc) is 2.40. The Balaban J connectivity index is 2.07. The topological polar surface area (TPSA) is 17.1 Å². The Kier molecular flexibility index (Phi) is 3.93. The van der Waals surface area contributed by atoms with E-state index in [-0.39, 0.29) is 11.7 Å². The van der Waals surface area contributed by atoms with Crippen LogP contribution in [0.3, 0.4) is 0 Å². The molecule has 0 aliphatic rings. The SMILES string of the molecule is Cc1ccc([C@@H](C)C(=O)Cc2ccccc2)cc1. The van der Waals surface area contributed by atoms with Gasteiger partial charge in [0, 0.05) is 12.3 Å². The second kappa shape index (κ2) is 5.63. The Bertz CT molecular complexity index is 511. The van der Waals surface area contributed by atoms with E-state index < -0.39 is 0 Å². The molecule has 2 rings (SSSR count). The quantitative estimate of drug-likeness (QED) is 0.789. The zero-order chi connectivity index (χ0) is 13.0. The van der Waals surface area contributed by atoms with Gasteiger partial charge in [0.15, 0.2) is 0 Å². The normalized spacial score (nSPS) is 12.1. The number of carbonyl (C=O) groups excluding carboxylic acids is 1. The van der Waals surface area contributed by atoms with E-state index in [2.05, 4.69) is 19.1 Å². The molecule has 1 atom stereocenters. The highest BCUT2D eigenvalue weighted by Gasteiger charge is 2.15. The lowest BCUT2D eigenvalue weighted by atomic mass is 9.92. The summed E-state index contributed by atoms with van der Waals surface area (Å²) in [5, 5.41) is 0. The summed E-state index contributed by atoms with van der Waals surface area (Å²) in [5.41, 5.74) is 3.41. The molecule has 0 unspecified atom stereocenters. The van der Waals surface area contributed by atoms with Crippen molar-refractivity contribution in [3.63, 3.8) is 0 Å². The number of aryl methyl sites for hydroxylation is 1. The van der Waals surface area contributed by atoms with Gasteiger partial charge in [-0.1, -0.05) is 67.1 Å². The van der Waals surface area contributed by atoms with Crippen LogP contribution in [0.4, 0.5) is 0 Å². The van der Waals surface area contributed by atoms with Crippen molar-refractivity contribution >= 4 is 5.78 Å². The van der Waals surface area contributed by atoms with E-state index in [1.54, 1.807) is 0 Å². The third-order valence-electron chi connectivity index (χ3n) is 3.28. The molecular formula is C17H18O. The van der Waals surface area contributed by atoms with Crippen LogP contribution >= 0.6 is 0 Å². The molecule has 18 heavy (non-hydrogen) atoms. The van der Waals surface area contributed by atoms with E-state index in [1.165, 1.54) is 5.56 Å². The van der Waals surface area contributed by atoms with Gasteiger partial charge in [0.25, 0.3) is 0 Å². The molecule has 2 aromatic rings. The van der Waals surface area contributed by atoms with E-state index in [0.29, 0.717) is 6.42 Å². The summed E-state index contributed by atoms with van der Waals surface area (Å²) in [4.78, 5) is 12.2. The second-order valence-corrected chi connectivity index (χ2v) is 4.76. The number of carbonyl (C=O) groups is 1. The van der Waals surface area contributed by atoms with Gasteiger partial charge < -0.3 is 0 Å². The summed E-state index contributed by atoms with van der Waals surface area (Å²) in [6.45, 7) is 4.04. The summed E-state index contributed by atoms with van der Waals surface area (Å²) in [7, 11) is 0. The van der Waals surface area contributed by atoms with Crippen molar-refractivity contribution < 1.29 is 4.79 Å².